The molecule has 1 heterocycles. The number of carbonyl (C=O) groups is 1. The van der Waals surface area contributed by atoms with E-state index in [4.69, 9.17) is 9.47 Å². The highest BCUT2D eigenvalue weighted by Gasteiger charge is 2.24. The van der Waals surface area contributed by atoms with Crippen LogP contribution in [0.4, 0.5) is 0 Å². The molecule has 1 aliphatic rings. The fourth-order valence-corrected chi connectivity index (χ4v) is 2.57. The summed E-state index contributed by atoms with van der Waals surface area (Å²) in [7, 11) is 0. The van der Waals surface area contributed by atoms with Gasteiger partial charge in [0.15, 0.2) is 5.78 Å². The van der Waals surface area contributed by atoms with Gasteiger partial charge in [0.25, 0.3) is 0 Å². The lowest BCUT2D eigenvalue weighted by atomic mass is 9.82. The Balaban J connectivity index is 1.87. The lowest BCUT2D eigenvalue weighted by Crippen LogP contribution is -2.17. The van der Waals surface area contributed by atoms with Crippen LogP contribution in [0.25, 0.3) is 0 Å². The molecule has 0 aliphatic carbocycles. The van der Waals surface area contributed by atoms with Crippen LogP contribution in [0.1, 0.15) is 42.3 Å². The predicted molar refractivity (Wildman–Crippen MR) is 90.3 cm³/mol. The summed E-state index contributed by atoms with van der Waals surface area (Å²) >= 11 is 0. The van der Waals surface area contributed by atoms with E-state index in [9.17, 15) is 4.79 Å². The molecule has 0 aromatic heterocycles. The van der Waals surface area contributed by atoms with Crippen LogP contribution in [0.3, 0.4) is 0 Å². The Labute approximate surface area is 137 Å². The highest BCUT2D eigenvalue weighted by molar-refractivity contribution is 6.10. The molecule has 1 saturated heterocycles. The van der Waals surface area contributed by atoms with E-state index in [2.05, 4.69) is 20.8 Å². The second-order valence-electron chi connectivity index (χ2n) is 6.92. The van der Waals surface area contributed by atoms with Crippen molar-refractivity contribution in [3.05, 3.63) is 65.2 Å². The molecule has 3 heteroatoms. The summed E-state index contributed by atoms with van der Waals surface area (Å²) in [6.45, 7) is 7.66. The molecule has 0 radical (unpaired) electrons. The number of benzene rings is 2. The second kappa shape index (κ2) is 6.17. The molecule has 1 fully saturated rings. The Morgan fingerprint density at radius 2 is 1.91 bits per heavy atom. The molecular formula is C20H22O3. The number of carbonyl (C=O) groups excluding carboxylic acids is 1. The van der Waals surface area contributed by atoms with Crippen LogP contribution in [-0.2, 0) is 10.2 Å². The van der Waals surface area contributed by atoms with Crippen molar-refractivity contribution in [3.63, 3.8) is 0 Å². The Kier molecular flexibility index (Phi) is 4.22. The van der Waals surface area contributed by atoms with Crippen molar-refractivity contribution in [2.45, 2.75) is 32.3 Å². The summed E-state index contributed by atoms with van der Waals surface area (Å²) in [5.41, 5.74) is 2.38. The summed E-state index contributed by atoms with van der Waals surface area (Å²) in [5.74, 6) is 0.739. The van der Waals surface area contributed by atoms with Crippen LogP contribution in [0.15, 0.2) is 48.5 Å². The van der Waals surface area contributed by atoms with E-state index in [0.717, 1.165) is 17.7 Å². The lowest BCUT2D eigenvalue weighted by Gasteiger charge is -2.22. The van der Waals surface area contributed by atoms with Gasteiger partial charge in [0, 0.05) is 11.1 Å². The second-order valence-corrected chi connectivity index (χ2v) is 6.92. The first-order chi connectivity index (χ1) is 10.9. The van der Waals surface area contributed by atoms with Crippen molar-refractivity contribution in [1.29, 1.82) is 0 Å². The van der Waals surface area contributed by atoms with E-state index >= 15 is 0 Å². The van der Waals surface area contributed by atoms with Gasteiger partial charge in [-0.25, -0.2) is 0 Å². The molecule has 23 heavy (non-hydrogen) atoms. The molecule has 0 spiro atoms. The molecule has 1 atom stereocenters. The Morgan fingerprint density at radius 3 is 2.61 bits per heavy atom. The number of epoxide rings is 1. The van der Waals surface area contributed by atoms with Crippen LogP contribution in [0.5, 0.6) is 5.75 Å². The molecule has 0 N–H and O–H groups in total. The first-order valence-electron chi connectivity index (χ1n) is 7.94. The number of ketones is 1. The summed E-state index contributed by atoms with van der Waals surface area (Å²) < 4.78 is 10.8. The minimum Gasteiger partial charge on any atom is -0.491 e. The van der Waals surface area contributed by atoms with E-state index in [-0.39, 0.29) is 17.3 Å². The number of hydrogen-bond donors (Lipinski definition) is 0. The quantitative estimate of drug-likeness (QED) is 0.619. The summed E-state index contributed by atoms with van der Waals surface area (Å²) in [6.07, 6.45) is 0.205. The van der Waals surface area contributed by atoms with Crippen LogP contribution >= 0.6 is 0 Å². The van der Waals surface area contributed by atoms with Gasteiger partial charge < -0.3 is 9.47 Å². The average molecular weight is 310 g/mol. The predicted octanol–water partition coefficient (Wildman–Crippen LogP) is 3.99. The normalized spacial score (nSPS) is 16.9. The molecule has 3 rings (SSSR count). The van der Waals surface area contributed by atoms with Crippen molar-refractivity contribution >= 4 is 5.78 Å². The summed E-state index contributed by atoms with van der Waals surface area (Å²) in [5, 5.41) is 0. The SMILES string of the molecule is CC(C)(C)c1ccccc1C(=O)c1cccc(OCC2CO2)c1. The third kappa shape index (κ3) is 3.80. The Morgan fingerprint density at radius 1 is 1.17 bits per heavy atom. The van der Waals surface area contributed by atoms with E-state index in [0.29, 0.717) is 17.9 Å². The van der Waals surface area contributed by atoms with Crippen molar-refractivity contribution in [1.82, 2.24) is 0 Å². The fraction of sp³-hybridized carbons (Fsp3) is 0.350. The molecule has 2 aromatic carbocycles. The zero-order valence-electron chi connectivity index (χ0n) is 13.8. The van der Waals surface area contributed by atoms with Crippen molar-refractivity contribution < 1.29 is 14.3 Å². The first kappa shape index (κ1) is 15.8. The number of hydrogen-bond acceptors (Lipinski definition) is 3. The smallest absolute Gasteiger partial charge is 0.193 e. The van der Waals surface area contributed by atoms with Gasteiger partial charge in [-0.15, -0.1) is 0 Å². The van der Waals surface area contributed by atoms with E-state index in [1.165, 1.54) is 0 Å². The minimum atomic E-state index is -0.0797. The van der Waals surface area contributed by atoms with Crippen molar-refractivity contribution in [2.24, 2.45) is 0 Å². The van der Waals surface area contributed by atoms with Crippen molar-refractivity contribution in [2.75, 3.05) is 13.2 Å². The maximum absolute atomic E-state index is 12.9. The van der Waals surface area contributed by atoms with Gasteiger partial charge in [0.05, 0.1) is 6.61 Å². The molecule has 0 bridgehead atoms. The van der Waals surface area contributed by atoms with Crippen LogP contribution in [0, 0.1) is 0 Å². The van der Waals surface area contributed by atoms with Gasteiger partial charge in [-0.3, -0.25) is 4.79 Å². The minimum absolute atomic E-state index is 0.0312. The molecule has 0 amide bonds. The van der Waals surface area contributed by atoms with Gasteiger partial charge in [-0.05, 0) is 23.1 Å². The lowest BCUT2D eigenvalue weighted by molar-refractivity contribution is 0.103. The topological polar surface area (TPSA) is 38.8 Å². The summed E-state index contributed by atoms with van der Waals surface area (Å²) in [4.78, 5) is 12.9. The zero-order chi connectivity index (χ0) is 16.4. The maximum Gasteiger partial charge on any atom is 0.193 e. The van der Waals surface area contributed by atoms with Gasteiger partial charge >= 0.3 is 0 Å². The summed E-state index contributed by atoms with van der Waals surface area (Å²) in [6, 6.07) is 15.2. The molecule has 1 aliphatic heterocycles. The molecular weight excluding hydrogens is 288 g/mol. The molecule has 2 aromatic rings. The van der Waals surface area contributed by atoms with Crippen LogP contribution < -0.4 is 4.74 Å². The average Bonchev–Trinajstić information content (AvgIpc) is 3.36. The van der Waals surface area contributed by atoms with Crippen LogP contribution in [0.2, 0.25) is 0 Å². The Bertz CT molecular complexity index is 709. The standard InChI is InChI=1S/C20H22O3/c1-20(2,3)18-10-5-4-9-17(18)19(21)14-7-6-8-15(11-14)22-12-16-13-23-16/h4-11,16H,12-13H2,1-3H3. The first-order valence-corrected chi connectivity index (χ1v) is 7.94. The Hall–Kier alpha value is -2.13. The van der Waals surface area contributed by atoms with E-state index in [1.54, 1.807) is 0 Å². The van der Waals surface area contributed by atoms with E-state index < -0.39 is 0 Å². The molecule has 120 valence electrons. The van der Waals surface area contributed by atoms with Crippen molar-refractivity contribution in [3.8, 4) is 5.75 Å². The monoisotopic (exact) mass is 310 g/mol. The van der Waals surface area contributed by atoms with Crippen LogP contribution in [-0.4, -0.2) is 25.1 Å². The highest BCUT2D eigenvalue weighted by Crippen LogP contribution is 2.28. The number of ether oxygens (including phenoxy) is 2. The molecule has 3 nitrogen and oxygen atoms in total. The fourth-order valence-electron chi connectivity index (χ4n) is 2.57. The molecule has 1 unspecified atom stereocenters. The van der Waals surface area contributed by atoms with E-state index in [1.807, 2.05) is 48.5 Å². The third-order valence-corrected chi connectivity index (χ3v) is 3.91. The highest BCUT2D eigenvalue weighted by atomic mass is 16.6. The zero-order valence-corrected chi connectivity index (χ0v) is 13.8. The van der Waals surface area contributed by atoms with Gasteiger partial charge in [0.2, 0.25) is 0 Å². The van der Waals surface area contributed by atoms with Gasteiger partial charge in [0.1, 0.15) is 18.5 Å². The largest absolute Gasteiger partial charge is 0.491 e. The number of rotatable bonds is 5. The van der Waals surface area contributed by atoms with Gasteiger partial charge in [-0.1, -0.05) is 57.2 Å². The third-order valence-electron chi connectivity index (χ3n) is 3.91. The van der Waals surface area contributed by atoms with Gasteiger partial charge in [-0.2, -0.15) is 0 Å². The maximum atomic E-state index is 12.9. The molecule has 0 saturated carbocycles.